The van der Waals surface area contributed by atoms with E-state index in [9.17, 15) is 4.79 Å². The summed E-state index contributed by atoms with van der Waals surface area (Å²) < 4.78 is 12.6. The monoisotopic (exact) mass is 436 g/mol. The Hall–Kier alpha value is -3.17. The number of nitrogens with one attached hydrogen (secondary N) is 2. The predicted molar refractivity (Wildman–Crippen MR) is 119 cm³/mol. The van der Waals surface area contributed by atoms with E-state index in [0.717, 1.165) is 67.4 Å². The van der Waals surface area contributed by atoms with Crippen LogP contribution in [0.1, 0.15) is 29.4 Å². The molecule has 168 valence electrons. The van der Waals surface area contributed by atoms with E-state index in [1.807, 2.05) is 35.0 Å². The molecule has 1 unspecified atom stereocenters. The van der Waals surface area contributed by atoms with Crippen molar-refractivity contribution in [2.24, 2.45) is 0 Å². The molecule has 0 bridgehead atoms. The zero-order valence-electron chi connectivity index (χ0n) is 18.2. The first kappa shape index (κ1) is 20.7. The first-order chi connectivity index (χ1) is 15.7. The third kappa shape index (κ3) is 4.13. The number of hydrogen-bond acceptors (Lipinski definition) is 6. The highest BCUT2D eigenvalue weighted by Crippen LogP contribution is 2.31. The molecule has 1 fully saturated rings. The van der Waals surface area contributed by atoms with Gasteiger partial charge >= 0.3 is 6.03 Å². The van der Waals surface area contributed by atoms with Crippen molar-refractivity contribution in [3.8, 4) is 5.69 Å². The van der Waals surface area contributed by atoms with Crippen molar-refractivity contribution in [3.63, 3.8) is 0 Å². The van der Waals surface area contributed by atoms with Crippen LogP contribution in [-0.4, -0.2) is 65.1 Å². The van der Waals surface area contributed by atoms with Crippen molar-refractivity contribution in [1.29, 1.82) is 0 Å². The van der Waals surface area contributed by atoms with Gasteiger partial charge in [-0.15, -0.1) is 0 Å². The number of nitrogens with zero attached hydrogens (tertiary/aromatic N) is 4. The van der Waals surface area contributed by atoms with Gasteiger partial charge in [-0.1, -0.05) is 18.2 Å². The van der Waals surface area contributed by atoms with Crippen LogP contribution < -0.4 is 10.6 Å². The van der Waals surface area contributed by atoms with Crippen LogP contribution in [0.2, 0.25) is 0 Å². The second kappa shape index (κ2) is 9.13. The number of methoxy groups -OCH3 is 1. The predicted octanol–water partition coefficient (Wildman–Crippen LogP) is 2.58. The number of ether oxygens (including phenoxy) is 1. The molecule has 1 saturated heterocycles. The Kier molecular flexibility index (Phi) is 5.91. The van der Waals surface area contributed by atoms with Gasteiger partial charge < -0.3 is 14.5 Å². The lowest BCUT2D eigenvalue weighted by Crippen LogP contribution is -2.42. The summed E-state index contributed by atoms with van der Waals surface area (Å²) in [6.07, 6.45) is 6.09. The molecule has 9 heteroatoms. The fourth-order valence-electron chi connectivity index (χ4n) is 4.72. The summed E-state index contributed by atoms with van der Waals surface area (Å²) in [5, 5.41) is 11.0. The van der Waals surface area contributed by atoms with Crippen molar-refractivity contribution in [1.82, 2.24) is 25.0 Å². The number of aromatic nitrogens is 3. The van der Waals surface area contributed by atoms with E-state index in [2.05, 4.69) is 20.5 Å². The van der Waals surface area contributed by atoms with E-state index in [1.54, 1.807) is 13.3 Å². The van der Waals surface area contributed by atoms with Gasteiger partial charge in [0.2, 0.25) is 0 Å². The van der Waals surface area contributed by atoms with Gasteiger partial charge in [0.25, 0.3) is 0 Å². The zero-order chi connectivity index (χ0) is 21.9. The highest BCUT2D eigenvalue weighted by molar-refractivity contribution is 5.90. The van der Waals surface area contributed by atoms with Gasteiger partial charge in [-0.3, -0.25) is 10.2 Å². The van der Waals surface area contributed by atoms with E-state index >= 15 is 0 Å². The molecule has 0 spiro atoms. The lowest BCUT2D eigenvalue weighted by atomic mass is 10.0. The Morgan fingerprint density at radius 1 is 1.25 bits per heavy atom. The Labute approximate surface area is 186 Å². The van der Waals surface area contributed by atoms with Gasteiger partial charge in [0.15, 0.2) is 6.39 Å². The third-order valence-electron chi connectivity index (χ3n) is 6.28. The summed E-state index contributed by atoms with van der Waals surface area (Å²) in [6, 6.07) is 9.58. The van der Waals surface area contributed by atoms with Gasteiger partial charge in [-0.25, -0.2) is 14.5 Å². The molecule has 2 amide bonds. The van der Waals surface area contributed by atoms with Gasteiger partial charge in [0, 0.05) is 32.3 Å². The Bertz CT molecular complexity index is 1050. The number of amides is 2. The quantitative estimate of drug-likeness (QED) is 0.591. The molecule has 3 aromatic rings. The Morgan fingerprint density at radius 2 is 2.12 bits per heavy atom. The first-order valence-corrected chi connectivity index (χ1v) is 11.1. The fourth-order valence-corrected chi connectivity index (χ4v) is 4.72. The molecule has 1 aliphatic carbocycles. The van der Waals surface area contributed by atoms with Crippen LogP contribution >= 0.6 is 0 Å². The maximum absolute atomic E-state index is 13.1. The number of fused-ring (bicyclic) bond motifs is 1. The maximum atomic E-state index is 13.1. The summed E-state index contributed by atoms with van der Waals surface area (Å²) >= 11 is 0. The topological polar surface area (TPSA) is 97.4 Å². The van der Waals surface area contributed by atoms with Gasteiger partial charge in [0.1, 0.15) is 11.6 Å². The number of para-hydroxylation sites is 1. The van der Waals surface area contributed by atoms with Crippen LogP contribution in [0.15, 0.2) is 47.3 Å². The number of urea groups is 1. The number of benzene rings is 1. The molecule has 0 radical (unpaired) electrons. The molecule has 9 nitrogen and oxygen atoms in total. The molecule has 5 rings (SSSR count). The minimum absolute atomic E-state index is 0.0323. The molecular formula is C23H28N6O3. The molecule has 2 aliphatic rings. The SMILES string of the molecule is COCCN1CC(c2cnco2)[C@H](NC(=O)Nc2c3c(nn2-c2ccccc2)CCC3)C1. The highest BCUT2D eigenvalue weighted by atomic mass is 16.5. The molecular weight excluding hydrogens is 408 g/mol. The van der Waals surface area contributed by atoms with Crippen molar-refractivity contribution in [3.05, 3.63) is 59.9 Å². The van der Waals surface area contributed by atoms with Crippen molar-refractivity contribution >= 4 is 11.8 Å². The van der Waals surface area contributed by atoms with Crippen molar-refractivity contribution < 1.29 is 13.9 Å². The number of carbonyl (C=O) groups excluding carboxylic acids is 1. The number of rotatable bonds is 7. The van der Waals surface area contributed by atoms with E-state index in [1.165, 1.54) is 6.39 Å². The lowest BCUT2D eigenvalue weighted by Gasteiger charge is -2.19. The molecule has 2 aromatic heterocycles. The highest BCUT2D eigenvalue weighted by Gasteiger charge is 2.37. The van der Waals surface area contributed by atoms with E-state index in [-0.39, 0.29) is 18.0 Å². The number of aryl methyl sites for hydroxylation is 1. The lowest BCUT2D eigenvalue weighted by molar-refractivity contribution is 0.159. The zero-order valence-corrected chi connectivity index (χ0v) is 18.2. The smallest absolute Gasteiger partial charge is 0.320 e. The summed E-state index contributed by atoms with van der Waals surface area (Å²) in [6.45, 7) is 2.94. The summed E-state index contributed by atoms with van der Waals surface area (Å²) in [5.41, 5.74) is 3.13. The van der Waals surface area contributed by atoms with Crippen LogP contribution in [-0.2, 0) is 17.6 Å². The number of hydrogen-bond donors (Lipinski definition) is 2. The molecule has 2 atom stereocenters. The summed E-state index contributed by atoms with van der Waals surface area (Å²) in [4.78, 5) is 19.5. The third-order valence-corrected chi connectivity index (χ3v) is 6.28. The normalized spacial score (nSPS) is 20.4. The minimum atomic E-state index is -0.236. The second-order valence-electron chi connectivity index (χ2n) is 8.34. The number of oxazole rings is 1. The summed E-state index contributed by atoms with van der Waals surface area (Å²) in [7, 11) is 1.70. The molecule has 1 aliphatic heterocycles. The largest absolute Gasteiger partial charge is 0.448 e. The molecule has 2 N–H and O–H groups in total. The van der Waals surface area contributed by atoms with Crippen molar-refractivity contribution in [2.75, 3.05) is 38.7 Å². The van der Waals surface area contributed by atoms with E-state index in [0.29, 0.717) is 6.61 Å². The first-order valence-electron chi connectivity index (χ1n) is 11.1. The van der Waals surface area contributed by atoms with Crippen LogP contribution in [0.3, 0.4) is 0 Å². The van der Waals surface area contributed by atoms with Crippen LogP contribution in [0.25, 0.3) is 5.69 Å². The van der Waals surface area contributed by atoms with Gasteiger partial charge in [-0.2, -0.15) is 5.10 Å². The molecule has 1 aromatic carbocycles. The average molecular weight is 437 g/mol. The van der Waals surface area contributed by atoms with Crippen molar-refractivity contribution in [2.45, 2.75) is 31.2 Å². The standard InChI is InChI=1S/C23H28N6O3/c1-31-11-10-28-13-18(21-12-24-15-32-21)20(14-28)25-23(30)26-22-17-8-5-9-19(17)27-29(22)16-6-3-2-4-7-16/h2-4,6-7,12,15,18,20H,5,8-11,13-14H2,1H3,(H2,25,26,30)/t18?,20-/m1/s1. The molecule has 3 heterocycles. The van der Waals surface area contributed by atoms with Crippen LogP contribution in [0.4, 0.5) is 10.6 Å². The Balaban J connectivity index is 1.34. The van der Waals surface area contributed by atoms with Gasteiger partial charge in [0.05, 0.1) is 36.1 Å². The summed E-state index contributed by atoms with van der Waals surface area (Å²) in [5.74, 6) is 1.57. The van der Waals surface area contributed by atoms with Crippen LogP contribution in [0.5, 0.6) is 0 Å². The van der Waals surface area contributed by atoms with E-state index < -0.39 is 0 Å². The number of anilines is 1. The fraction of sp³-hybridized carbons (Fsp3) is 0.435. The Morgan fingerprint density at radius 3 is 2.91 bits per heavy atom. The number of likely N-dealkylation sites (tertiary alicyclic amines) is 1. The second-order valence-corrected chi connectivity index (χ2v) is 8.34. The average Bonchev–Trinajstić information content (AvgIpc) is 3.59. The number of carbonyl (C=O) groups is 1. The van der Waals surface area contributed by atoms with Gasteiger partial charge in [-0.05, 0) is 31.4 Å². The molecule has 0 saturated carbocycles. The molecule has 32 heavy (non-hydrogen) atoms. The maximum Gasteiger partial charge on any atom is 0.320 e. The van der Waals surface area contributed by atoms with Crippen LogP contribution in [0, 0.1) is 0 Å². The van der Waals surface area contributed by atoms with E-state index in [4.69, 9.17) is 14.3 Å². The minimum Gasteiger partial charge on any atom is -0.448 e.